The molecule has 2 amide bonds. The van der Waals surface area contributed by atoms with Gasteiger partial charge in [0, 0.05) is 26.5 Å². The highest BCUT2D eigenvalue weighted by Gasteiger charge is 2.55. The van der Waals surface area contributed by atoms with Crippen molar-refractivity contribution in [1.82, 2.24) is 9.88 Å². The highest BCUT2D eigenvalue weighted by atomic mass is 19.2. The fourth-order valence-electron chi connectivity index (χ4n) is 4.96. The molecule has 1 saturated heterocycles. The Hall–Kier alpha value is -5.08. The summed E-state index contributed by atoms with van der Waals surface area (Å²) in [6, 6.07) is 4.19. The van der Waals surface area contributed by atoms with Crippen LogP contribution in [0.3, 0.4) is 0 Å². The van der Waals surface area contributed by atoms with Crippen LogP contribution in [-0.2, 0) is 60.6 Å². The van der Waals surface area contributed by atoms with Crippen LogP contribution in [0.25, 0.3) is 0 Å². The zero-order valence-corrected chi connectivity index (χ0v) is 26.5. The van der Waals surface area contributed by atoms with E-state index in [1.807, 2.05) is 0 Å². The SMILES string of the molecule is CC(=O)OCOC(=O)C1[C@@H](Cc2ccnc(CC(=O)OCOC(=O)C(C)C)c2)C(=O)N1C(=O)C[C@H](C)c1ccc2c(c1)OC(C)(F)O2. The van der Waals surface area contributed by atoms with Crippen LogP contribution in [0.1, 0.15) is 63.8 Å². The Balaban J connectivity index is 1.43. The largest absolute Gasteiger partial charge is 0.428 e. The summed E-state index contributed by atoms with van der Waals surface area (Å²) >= 11 is 0. The van der Waals surface area contributed by atoms with E-state index in [1.165, 1.54) is 12.3 Å². The Morgan fingerprint density at radius 3 is 2.38 bits per heavy atom. The minimum Gasteiger partial charge on any atom is -0.428 e. The molecule has 2 aromatic rings. The normalized spacial score (nSPS) is 20.2. The van der Waals surface area contributed by atoms with Gasteiger partial charge in [0.25, 0.3) is 0 Å². The van der Waals surface area contributed by atoms with Gasteiger partial charge in [-0.25, -0.2) is 4.79 Å². The molecule has 4 rings (SSSR count). The third-order valence-corrected chi connectivity index (χ3v) is 7.34. The maximum absolute atomic E-state index is 14.1. The average molecular weight is 659 g/mol. The summed E-state index contributed by atoms with van der Waals surface area (Å²) in [6.07, 6.45) is 0.959. The molecule has 1 fully saturated rings. The molecule has 3 heterocycles. The number of alkyl halides is 1. The standard InChI is InChI=1S/C32H35FN2O12/c1-17(2)30(40)44-16-43-27(38)14-22-11-20(8-9-34-22)12-23-28(31(41)45-15-42-19(4)36)35(29(23)39)26(37)10-18(3)21-6-7-24-25(13-21)47-32(5,33)46-24/h6-9,11,13,17-18,23,28H,10,12,14-16H2,1-5H3/t18-,23+,28?,32?/m0/s1. The number of esters is 4. The van der Waals surface area contributed by atoms with Crippen molar-refractivity contribution in [3.63, 3.8) is 0 Å². The summed E-state index contributed by atoms with van der Waals surface area (Å²) in [7, 11) is 0. The van der Waals surface area contributed by atoms with Crippen molar-refractivity contribution in [1.29, 1.82) is 0 Å². The van der Waals surface area contributed by atoms with E-state index in [9.17, 15) is 33.2 Å². The van der Waals surface area contributed by atoms with Crippen LogP contribution in [0.5, 0.6) is 11.5 Å². The van der Waals surface area contributed by atoms with Gasteiger partial charge in [0.1, 0.15) is 6.04 Å². The van der Waals surface area contributed by atoms with Crippen LogP contribution in [0.4, 0.5) is 4.39 Å². The van der Waals surface area contributed by atoms with E-state index in [4.69, 9.17) is 23.7 Å². The Labute approximate surface area is 269 Å². The van der Waals surface area contributed by atoms with Crippen LogP contribution < -0.4 is 9.47 Å². The first-order chi connectivity index (χ1) is 22.1. The van der Waals surface area contributed by atoms with Gasteiger partial charge in [-0.1, -0.05) is 26.8 Å². The lowest BCUT2D eigenvalue weighted by Crippen LogP contribution is -2.67. The molecule has 47 heavy (non-hydrogen) atoms. The van der Waals surface area contributed by atoms with Gasteiger partial charge in [0.2, 0.25) is 25.4 Å². The number of fused-ring (bicyclic) bond motifs is 1. The summed E-state index contributed by atoms with van der Waals surface area (Å²) in [6.45, 7) is 5.98. The molecule has 4 atom stereocenters. The van der Waals surface area contributed by atoms with Crippen molar-refractivity contribution < 1.29 is 61.6 Å². The van der Waals surface area contributed by atoms with E-state index in [-0.39, 0.29) is 36.7 Å². The number of imide groups is 1. The molecule has 252 valence electrons. The second kappa shape index (κ2) is 14.6. The van der Waals surface area contributed by atoms with Crippen LogP contribution in [-0.4, -0.2) is 71.2 Å². The van der Waals surface area contributed by atoms with Crippen LogP contribution in [0, 0.1) is 11.8 Å². The van der Waals surface area contributed by atoms with Gasteiger partial charge in [-0.15, -0.1) is 0 Å². The van der Waals surface area contributed by atoms with Crippen molar-refractivity contribution in [3.05, 3.63) is 53.3 Å². The van der Waals surface area contributed by atoms with E-state index < -0.39 is 73.2 Å². The lowest BCUT2D eigenvalue weighted by molar-refractivity contribution is -0.187. The number of carbonyl (C=O) groups excluding carboxylic acids is 6. The van der Waals surface area contributed by atoms with Crippen molar-refractivity contribution in [2.24, 2.45) is 11.8 Å². The van der Waals surface area contributed by atoms with E-state index in [1.54, 1.807) is 45.0 Å². The number of ether oxygens (including phenoxy) is 6. The minimum absolute atomic E-state index is 0.00771. The number of carbonyl (C=O) groups is 6. The van der Waals surface area contributed by atoms with Crippen molar-refractivity contribution in [2.75, 3.05) is 13.6 Å². The Bertz CT molecular complexity index is 1560. The number of benzene rings is 1. The molecular formula is C32H35FN2O12. The molecule has 0 saturated carbocycles. The molecule has 14 nitrogen and oxygen atoms in total. The predicted molar refractivity (Wildman–Crippen MR) is 156 cm³/mol. The molecule has 0 bridgehead atoms. The van der Waals surface area contributed by atoms with Gasteiger partial charge in [0.05, 0.1) is 24.0 Å². The smallest absolute Gasteiger partial charge is 0.404 e. The highest BCUT2D eigenvalue weighted by molar-refractivity contribution is 6.08. The van der Waals surface area contributed by atoms with E-state index >= 15 is 0 Å². The third kappa shape index (κ3) is 8.80. The second-order valence-electron chi connectivity index (χ2n) is 11.5. The van der Waals surface area contributed by atoms with Gasteiger partial charge in [-0.2, -0.15) is 4.39 Å². The zero-order chi connectivity index (χ0) is 34.5. The number of hydrogen-bond acceptors (Lipinski definition) is 13. The molecule has 0 radical (unpaired) electrons. The van der Waals surface area contributed by atoms with Gasteiger partial charge in [0.15, 0.2) is 11.5 Å². The molecule has 0 aliphatic carbocycles. The van der Waals surface area contributed by atoms with E-state index in [2.05, 4.69) is 9.72 Å². The van der Waals surface area contributed by atoms with Gasteiger partial charge in [-0.05, 0) is 47.7 Å². The first-order valence-electron chi connectivity index (χ1n) is 14.8. The monoisotopic (exact) mass is 658 g/mol. The quantitative estimate of drug-likeness (QED) is 0.175. The number of rotatable bonds is 13. The van der Waals surface area contributed by atoms with E-state index in [0.717, 1.165) is 18.7 Å². The van der Waals surface area contributed by atoms with Crippen molar-refractivity contribution in [3.8, 4) is 11.5 Å². The van der Waals surface area contributed by atoms with Crippen LogP contribution in [0.15, 0.2) is 36.5 Å². The number of pyridine rings is 1. The molecule has 2 unspecified atom stereocenters. The highest BCUT2D eigenvalue weighted by Crippen LogP contribution is 2.42. The zero-order valence-electron chi connectivity index (χ0n) is 26.5. The number of nitrogens with zero attached hydrogens (tertiary/aromatic N) is 2. The lowest BCUT2D eigenvalue weighted by Gasteiger charge is -2.44. The summed E-state index contributed by atoms with van der Waals surface area (Å²) in [4.78, 5) is 79.7. The number of aromatic nitrogens is 1. The predicted octanol–water partition coefficient (Wildman–Crippen LogP) is 2.89. The fraction of sp³-hybridized carbons (Fsp3) is 0.469. The van der Waals surface area contributed by atoms with Crippen LogP contribution >= 0.6 is 0 Å². The topological polar surface area (TPSA) is 174 Å². The first kappa shape index (κ1) is 34.8. The Morgan fingerprint density at radius 1 is 0.979 bits per heavy atom. The van der Waals surface area contributed by atoms with Crippen molar-refractivity contribution >= 4 is 35.7 Å². The number of amides is 2. The molecule has 1 aromatic heterocycles. The number of likely N-dealkylation sites (tertiary alicyclic amines) is 1. The molecule has 15 heteroatoms. The molecule has 0 spiro atoms. The average Bonchev–Trinajstić information content (AvgIpc) is 3.31. The summed E-state index contributed by atoms with van der Waals surface area (Å²) in [5.41, 5.74) is 1.44. The molecular weight excluding hydrogens is 623 g/mol. The van der Waals surface area contributed by atoms with Crippen LogP contribution in [0.2, 0.25) is 0 Å². The maximum Gasteiger partial charge on any atom is 0.404 e. The second-order valence-corrected chi connectivity index (χ2v) is 11.5. The maximum atomic E-state index is 14.1. The first-order valence-corrected chi connectivity index (χ1v) is 14.8. The van der Waals surface area contributed by atoms with E-state index in [0.29, 0.717) is 16.8 Å². The molecule has 2 aliphatic heterocycles. The lowest BCUT2D eigenvalue weighted by atomic mass is 9.81. The molecule has 2 aliphatic rings. The number of β-lactam (4-membered cyclic amide) rings is 1. The summed E-state index contributed by atoms with van der Waals surface area (Å²) in [5.74, 6) is -5.64. The van der Waals surface area contributed by atoms with Gasteiger partial charge >= 0.3 is 29.9 Å². The summed E-state index contributed by atoms with van der Waals surface area (Å²) in [5, 5.41) is 0. The minimum atomic E-state index is -2.32. The van der Waals surface area contributed by atoms with Crippen molar-refractivity contribution in [2.45, 2.75) is 71.9 Å². The Kier molecular flexibility index (Phi) is 10.8. The number of hydrogen-bond donors (Lipinski definition) is 0. The molecule has 1 aromatic carbocycles. The third-order valence-electron chi connectivity index (χ3n) is 7.34. The molecule has 0 N–H and O–H groups in total. The fourth-order valence-corrected chi connectivity index (χ4v) is 4.96. The number of halogens is 1. The van der Waals surface area contributed by atoms with Gasteiger partial charge < -0.3 is 28.4 Å². The van der Waals surface area contributed by atoms with Gasteiger partial charge in [-0.3, -0.25) is 33.9 Å². The summed E-state index contributed by atoms with van der Waals surface area (Å²) < 4.78 is 43.8. The Morgan fingerprint density at radius 2 is 1.68 bits per heavy atom.